The Kier molecular flexibility index (Phi) is 14.2. The van der Waals surface area contributed by atoms with E-state index in [0.717, 1.165) is 57.6 Å². The predicted molar refractivity (Wildman–Crippen MR) is 204 cm³/mol. The van der Waals surface area contributed by atoms with Crippen LogP contribution in [0.4, 0.5) is 17.6 Å². The molecule has 2 amide bonds. The molecule has 0 atom stereocenters. The van der Waals surface area contributed by atoms with Gasteiger partial charge in [0, 0.05) is 28.4 Å². The fraction of sp³-hybridized carbons (Fsp3) is 0.111. The molecule has 14 nitrogen and oxygen atoms in total. The molecule has 0 aliphatic heterocycles. The van der Waals surface area contributed by atoms with Gasteiger partial charge in [-0.2, -0.15) is 27.5 Å². The summed E-state index contributed by atoms with van der Waals surface area (Å²) in [5.41, 5.74) is 15.8. The summed E-state index contributed by atoms with van der Waals surface area (Å²) in [4.78, 5) is 36.8. The molecule has 2 aromatic carbocycles. The first kappa shape index (κ1) is 42.4. The quantitative estimate of drug-likeness (QED) is 0.0749. The van der Waals surface area contributed by atoms with Crippen LogP contribution in [0, 0.1) is 51.5 Å². The Bertz CT molecular complexity index is 2420. The van der Waals surface area contributed by atoms with Gasteiger partial charge in [-0.05, 0) is 86.1 Å². The number of nitrogens with two attached hydrogens (primary N) is 2. The van der Waals surface area contributed by atoms with Crippen molar-refractivity contribution in [2.24, 2.45) is 11.5 Å². The standard InChI is InChI=1S/C18H15F2N5O.C13H13BrN4O.C5H4BF2NO2/c1-10-5-11(2)7-12(6-10)18-22-9-25(24-18)8-14(17(21)26)13-3-4-15(19)23-16(13)20;1-8-3-9(2)5-10(4-8)13-16-7-18(17-13)6-11(14)12(15)19;7-4-2-1-3(6(10)11)5(8)9-4/h3-9H,1-2H3,(H2,21,26);3-7H,1-2H3,(H2,15,19);1-2,10-11H/b14-8+;11-6-;. The number of rotatable bonds is 8. The zero-order valence-corrected chi connectivity index (χ0v) is 31.6. The minimum Gasteiger partial charge on any atom is -0.423 e. The van der Waals surface area contributed by atoms with E-state index in [1.807, 2.05) is 58.0 Å². The normalized spacial score (nSPS) is 11.3. The third-order valence-electron chi connectivity index (χ3n) is 7.21. The third-order valence-corrected chi connectivity index (χ3v) is 7.81. The number of nitrogens with zero attached hydrogens (tertiary/aromatic N) is 8. The van der Waals surface area contributed by atoms with Gasteiger partial charge in [0.15, 0.2) is 11.6 Å². The molecule has 0 unspecified atom stereocenters. The lowest BCUT2D eigenvalue weighted by atomic mass is 9.81. The Hall–Kier alpha value is -6.38. The van der Waals surface area contributed by atoms with Crippen molar-refractivity contribution in [3.63, 3.8) is 0 Å². The maximum atomic E-state index is 13.9. The minimum absolute atomic E-state index is 0.202. The molecule has 0 fully saturated rings. The molecular formula is C36H32BBrF4N10O4. The van der Waals surface area contributed by atoms with Gasteiger partial charge in [0.25, 0.3) is 11.8 Å². The fourth-order valence-electron chi connectivity index (χ4n) is 4.95. The summed E-state index contributed by atoms with van der Waals surface area (Å²) in [6, 6.07) is 15.8. The van der Waals surface area contributed by atoms with Crippen molar-refractivity contribution in [2.75, 3.05) is 0 Å². The second-order valence-corrected chi connectivity index (χ2v) is 12.8. The minimum atomic E-state index is -1.96. The lowest BCUT2D eigenvalue weighted by Crippen LogP contribution is -2.33. The molecule has 6 aromatic rings. The largest absolute Gasteiger partial charge is 0.493 e. The van der Waals surface area contributed by atoms with Crippen molar-refractivity contribution in [2.45, 2.75) is 27.7 Å². The van der Waals surface area contributed by atoms with Crippen molar-refractivity contribution in [3.8, 4) is 22.8 Å². The third kappa shape index (κ3) is 11.8. The van der Waals surface area contributed by atoms with E-state index in [2.05, 4.69) is 52.1 Å². The summed E-state index contributed by atoms with van der Waals surface area (Å²) in [5.74, 6) is -4.74. The Morgan fingerprint density at radius 3 is 1.54 bits per heavy atom. The molecule has 20 heteroatoms. The van der Waals surface area contributed by atoms with Crippen LogP contribution in [0.5, 0.6) is 0 Å². The first-order valence-electron chi connectivity index (χ1n) is 16.1. The van der Waals surface area contributed by atoms with Gasteiger partial charge in [-0.3, -0.25) is 9.59 Å². The van der Waals surface area contributed by atoms with Crippen LogP contribution >= 0.6 is 15.9 Å². The van der Waals surface area contributed by atoms with Crippen LogP contribution in [-0.2, 0) is 9.59 Å². The predicted octanol–water partition coefficient (Wildman–Crippen LogP) is 4.00. The number of primary amides is 2. The zero-order valence-electron chi connectivity index (χ0n) is 30.0. The summed E-state index contributed by atoms with van der Waals surface area (Å²) >= 11 is 3.07. The number of carbonyl (C=O) groups excluding carboxylic acids is 2. The van der Waals surface area contributed by atoms with Crippen molar-refractivity contribution < 1.29 is 37.2 Å². The van der Waals surface area contributed by atoms with E-state index in [1.165, 1.54) is 34.4 Å². The number of aromatic nitrogens is 8. The highest BCUT2D eigenvalue weighted by Crippen LogP contribution is 2.22. The van der Waals surface area contributed by atoms with Crippen molar-refractivity contribution in [1.82, 2.24) is 39.5 Å². The summed E-state index contributed by atoms with van der Waals surface area (Å²) in [6.45, 7) is 7.97. The Morgan fingerprint density at radius 1 is 0.679 bits per heavy atom. The first-order chi connectivity index (χ1) is 26.4. The molecular weight excluding hydrogens is 803 g/mol. The molecule has 0 aliphatic rings. The number of benzene rings is 2. The van der Waals surface area contributed by atoms with E-state index in [1.54, 1.807) is 0 Å². The molecule has 56 heavy (non-hydrogen) atoms. The van der Waals surface area contributed by atoms with Crippen LogP contribution in [0.1, 0.15) is 27.8 Å². The maximum absolute atomic E-state index is 13.9. The Labute approximate surface area is 325 Å². The van der Waals surface area contributed by atoms with Gasteiger partial charge in [0.05, 0.1) is 11.8 Å². The molecule has 0 spiro atoms. The van der Waals surface area contributed by atoms with Gasteiger partial charge in [-0.1, -0.05) is 40.5 Å². The number of halogens is 5. The Morgan fingerprint density at radius 2 is 1.12 bits per heavy atom. The van der Waals surface area contributed by atoms with Crippen molar-refractivity contribution >= 4 is 58.3 Å². The van der Waals surface area contributed by atoms with Crippen LogP contribution in [0.15, 0.2) is 77.8 Å². The summed E-state index contributed by atoms with van der Waals surface area (Å²) in [6.07, 6.45) is 5.59. The highest BCUT2D eigenvalue weighted by molar-refractivity contribution is 9.12. The lowest BCUT2D eigenvalue weighted by Gasteiger charge is -2.04. The second-order valence-electron chi connectivity index (χ2n) is 12.0. The van der Waals surface area contributed by atoms with E-state index in [9.17, 15) is 27.2 Å². The average molecular weight is 835 g/mol. The molecule has 6 rings (SSSR count). The molecule has 288 valence electrons. The van der Waals surface area contributed by atoms with E-state index in [0.29, 0.717) is 11.6 Å². The van der Waals surface area contributed by atoms with Gasteiger partial charge < -0.3 is 21.5 Å². The Balaban J connectivity index is 0.000000203. The van der Waals surface area contributed by atoms with Gasteiger partial charge in [0.2, 0.25) is 23.8 Å². The summed E-state index contributed by atoms with van der Waals surface area (Å²) < 4.78 is 54.3. The first-order valence-corrected chi connectivity index (χ1v) is 16.9. The van der Waals surface area contributed by atoms with Crippen LogP contribution in [-0.4, -0.2) is 68.5 Å². The highest BCUT2D eigenvalue weighted by Gasteiger charge is 2.18. The smallest absolute Gasteiger partial charge is 0.423 e. The topological polar surface area (TPSA) is 214 Å². The van der Waals surface area contributed by atoms with Crippen LogP contribution in [0.2, 0.25) is 0 Å². The van der Waals surface area contributed by atoms with Crippen LogP contribution in [0.3, 0.4) is 0 Å². The molecule has 6 N–H and O–H groups in total. The maximum Gasteiger partial charge on any atom is 0.493 e. The van der Waals surface area contributed by atoms with Crippen molar-refractivity contribution in [3.05, 3.63) is 129 Å². The number of amides is 2. The fourth-order valence-corrected chi connectivity index (χ4v) is 5.16. The molecule has 0 radical (unpaired) electrons. The molecule has 4 aromatic heterocycles. The van der Waals surface area contributed by atoms with E-state index in [-0.39, 0.29) is 15.6 Å². The SMILES string of the molecule is Cc1cc(C)cc(-c2ncn(/C=C(/C(N)=O)c3ccc(F)nc3F)n2)c1.Cc1cc(C)cc(-c2ncn(/C=C(\Br)C(N)=O)n2)c1.OB(O)c1ccc(F)nc1F. The number of aryl methyl sites for hydroxylation is 4. The highest BCUT2D eigenvalue weighted by atomic mass is 79.9. The molecule has 4 heterocycles. The molecule has 0 saturated heterocycles. The number of hydrogen-bond donors (Lipinski definition) is 4. The second kappa shape index (κ2) is 18.8. The van der Waals surface area contributed by atoms with Crippen LogP contribution < -0.4 is 16.9 Å². The van der Waals surface area contributed by atoms with E-state index >= 15 is 0 Å². The zero-order chi connectivity index (χ0) is 41.3. The van der Waals surface area contributed by atoms with Gasteiger partial charge in [0.1, 0.15) is 17.1 Å². The lowest BCUT2D eigenvalue weighted by molar-refractivity contribution is -0.114. The van der Waals surface area contributed by atoms with Gasteiger partial charge in [-0.15, -0.1) is 10.2 Å². The van der Waals surface area contributed by atoms with Gasteiger partial charge in [-0.25, -0.2) is 19.3 Å². The summed E-state index contributed by atoms with van der Waals surface area (Å²) in [5, 5.41) is 25.4. The van der Waals surface area contributed by atoms with E-state index < -0.39 is 48.2 Å². The average Bonchev–Trinajstić information content (AvgIpc) is 3.77. The monoisotopic (exact) mass is 834 g/mol. The van der Waals surface area contributed by atoms with Crippen LogP contribution in [0.25, 0.3) is 40.7 Å². The molecule has 0 bridgehead atoms. The van der Waals surface area contributed by atoms with E-state index in [4.69, 9.17) is 21.5 Å². The van der Waals surface area contributed by atoms with Gasteiger partial charge >= 0.3 is 7.12 Å². The number of carbonyl (C=O) groups is 2. The molecule has 0 aliphatic carbocycles. The molecule has 0 saturated carbocycles. The number of pyridine rings is 2. The summed E-state index contributed by atoms with van der Waals surface area (Å²) in [7, 11) is -1.96. The van der Waals surface area contributed by atoms with Crippen molar-refractivity contribution in [1.29, 1.82) is 0 Å². The number of hydrogen-bond acceptors (Lipinski definition) is 10.